The van der Waals surface area contributed by atoms with Crippen molar-refractivity contribution in [1.29, 1.82) is 0 Å². The molecule has 1 heterocycles. The Bertz CT molecular complexity index is 650. The third kappa shape index (κ3) is 4.84. The highest BCUT2D eigenvalue weighted by Crippen LogP contribution is 2.15. The van der Waals surface area contributed by atoms with E-state index in [9.17, 15) is 0 Å². The van der Waals surface area contributed by atoms with E-state index in [1.807, 2.05) is 24.3 Å². The molecule has 2 aromatic rings. The Morgan fingerprint density at radius 2 is 1.55 bits per heavy atom. The summed E-state index contributed by atoms with van der Waals surface area (Å²) in [4.78, 5) is 9.53. The second-order valence-corrected chi connectivity index (χ2v) is 5.72. The van der Waals surface area contributed by atoms with Crippen LogP contribution in [0.5, 0.6) is 0 Å². The zero-order valence-electron chi connectivity index (χ0n) is 13.9. The van der Waals surface area contributed by atoms with Gasteiger partial charge in [0.1, 0.15) is 5.69 Å². The fourth-order valence-corrected chi connectivity index (χ4v) is 2.46. The molecule has 0 spiro atoms. The monoisotopic (exact) mass is 294 g/mol. The lowest BCUT2D eigenvalue weighted by Crippen LogP contribution is -2.00. The Morgan fingerprint density at radius 3 is 2.27 bits per heavy atom. The minimum Gasteiger partial charge on any atom is -0.248 e. The molecule has 116 valence electrons. The second kappa shape index (κ2) is 9.20. The maximum Gasteiger partial charge on any atom is 0.135 e. The van der Waals surface area contributed by atoms with Gasteiger partial charge < -0.3 is 0 Å². The van der Waals surface area contributed by atoms with Gasteiger partial charge in [-0.25, -0.2) is 9.97 Å². The summed E-state index contributed by atoms with van der Waals surface area (Å²) in [6.45, 7) is 4.44. The van der Waals surface area contributed by atoms with E-state index in [0.717, 1.165) is 41.7 Å². The van der Waals surface area contributed by atoms with Gasteiger partial charge in [-0.2, -0.15) is 0 Å². The number of fused-ring (bicyclic) bond motifs is 1. The normalized spacial score (nSPS) is 10.5. The van der Waals surface area contributed by atoms with Crippen molar-refractivity contribution in [1.82, 2.24) is 9.97 Å². The van der Waals surface area contributed by atoms with E-state index in [0.29, 0.717) is 0 Å². The average molecular weight is 294 g/mol. The van der Waals surface area contributed by atoms with Crippen LogP contribution in [-0.2, 0) is 6.42 Å². The Balaban J connectivity index is 2.21. The first kappa shape index (κ1) is 16.5. The third-order valence-corrected chi connectivity index (χ3v) is 3.77. The summed E-state index contributed by atoms with van der Waals surface area (Å²) >= 11 is 0. The summed E-state index contributed by atoms with van der Waals surface area (Å²) in [7, 11) is 0. The molecule has 0 bridgehead atoms. The quantitative estimate of drug-likeness (QED) is 0.512. The van der Waals surface area contributed by atoms with Crippen LogP contribution in [-0.4, -0.2) is 9.97 Å². The van der Waals surface area contributed by atoms with Gasteiger partial charge in [-0.3, -0.25) is 0 Å². The molecule has 0 atom stereocenters. The Kier molecular flexibility index (Phi) is 6.90. The van der Waals surface area contributed by atoms with Gasteiger partial charge in [0, 0.05) is 6.42 Å². The van der Waals surface area contributed by atoms with Crippen molar-refractivity contribution in [3.63, 3.8) is 0 Å². The van der Waals surface area contributed by atoms with Crippen LogP contribution >= 0.6 is 0 Å². The molecule has 0 aliphatic carbocycles. The molecule has 0 radical (unpaired) electrons. The molecule has 2 nitrogen and oxygen atoms in total. The topological polar surface area (TPSA) is 25.8 Å². The summed E-state index contributed by atoms with van der Waals surface area (Å²) in [6.07, 6.45) is 9.21. The van der Waals surface area contributed by atoms with Crippen molar-refractivity contribution in [3.05, 3.63) is 35.7 Å². The molecule has 0 aliphatic heterocycles. The van der Waals surface area contributed by atoms with Gasteiger partial charge in [0.05, 0.1) is 16.7 Å². The highest BCUT2D eigenvalue weighted by molar-refractivity contribution is 5.74. The molecule has 0 fully saturated rings. The van der Waals surface area contributed by atoms with Crippen LogP contribution in [0.2, 0.25) is 0 Å². The zero-order valence-corrected chi connectivity index (χ0v) is 13.9. The summed E-state index contributed by atoms with van der Waals surface area (Å²) in [5.41, 5.74) is 3.87. The van der Waals surface area contributed by atoms with Gasteiger partial charge in [-0.05, 0) is 37.3 Å². The molecule has 0 amide bonds. The lowest BCUT2D eigenvalue weighted by Gasteiger charge is -2.05. The van der Waals surface area contributed by atoms with Crippen molar-refractivity contribution >= 4 is 11.0 Å². The van der Waals surface area contributed by atoms with Crippen LogP contribution in [0, 0.1) is 11.8 Å². The van der Waals surface area contributed by atoms with Crippen molar-refractivity contribution in [2.24, 2.45) is 0 Å². The van der Waals surface area contributed by atoms with E-state index in [4.69, 9.17) is 9.97 Å². The third-order valence-electron chi connectivity index (χ3n) is 3.77. The van der Waals surface area contributed by atoms with E-state index in [1.165, 1.54) is 32.1 Å². The maximum absolute atomic E-state index is 4.80. The van der Waals surface area contributed by atoms with Crippen LogP contribution in [0.3, 0.4) is 0 Å². The van der Waals surface area contributed by atoms with E-state index >= 15 is 0 Å². The fourth-order valence-electron chi connectivity index (χ4n) is 2.46. The SMILES string of the molecule is CCCCCC#Cc1nc2ccccc2nc1CCCCC. The minimum atomic E-state index is 0.881. The molecular weight excluding hydrogens is 268 g/mol. The lowest BCUT2D eigenvalue weighted by molar-refractivity contribution is 0.706. The van der Waals surface area contributed by atoms with E-state index in [1.54, 1.807) is 0 Å². The second-order valence-electron chi connectivity index (χ2n) is 5.72. The largest absolute Gasteiger partial charge is 0.248 e. The number of aromatic nitrogens is 2. The van der Waals surface area contributed by atoms with Crippen LogP contribution in [0.1, 0.15) is 70.2 Å². The van der Waals surface area contributed by atoms with Gasteiger partial charge in [-0.15, -0.1) is 0 Å². The molecule has 1 aromatic carbocycles. The first-order valence-corrected chi connectivity index (χ1v) is 8.59. The molecule has 0 aliphatic rings. The molecular formula is C20H26N2. The first-order valence-electron chi connectivity index (χ1n) is 8.59. The Hall–Kier alpha value is -1.88. The van der Waals surface area contributed by atoms with Crippen LogP contribution in [0.15, 0.2) is 24.3 Å². The number of aryl methyl sites for hydroxylation is 1. The Labute approximate surface area is 134 Å². The lowest BCUT2D eigenvalue weighted by atomic mass is 10.1. The number of nitrogens with zero attached hydrogens (tertiary/aromatic N) is 2. The standard InChI is InChI=1S/C20H26N2/c1-3-5-7-8-10-14-18-17(13-9-6-4-2)21-19-15-11-12-16-20(19)22-18/h11-12,15-16H,3-9,13H2,1-2H3. The van der Waals surface area contributed by atoms with Gasteiger partial charge in [0.2, 0.25) is 0 Å². The number of hydrogen-bond donors (Lipinski definition) is 0. The number of para-hydroxylation sites is 2. The summed E-state index contributed by atoms with van der Waals surface area (Å²) < 4.78 is 0. The van der Waals surface area contributed by atoms with Gasteiger partial charge in [-0.1, -0.05) is 57.6 Å². The fraction of sp³-hybridized carbons (Fsp3) is 0.500. The van der Waals surface area contributed by atoms with E-state index in [-0.39, 0.29) is 0 Å². The molecule has 0 unspecified atom stereocenters. The van der Waals surface area contributed by atoms with Crippen LogP contribution < -0.4 is 0 Å². The maximum atomic E-state index is 4.80. The first-order chi connectivity index (χ1) is 10.8. The van der Waals surface area contributed by atoms with Crippen molar-refractivity contribution in [2.45, 2.75) is 65.2 Å². The minimum absolute atomic E-state index is 0.881. The summed E-state index contributed by atoms with van der Waals surface area (Å²) in [5, 5.41) is 0. The molecule has 22 heavy (non-hydrogen) atoms. The molecule has 1 aromatic heterocycles. The summed E-state index contributed by atoms with van der Waals surface area (Å²) in [5.74, 6) is 6.55. The predicted octanol–water partition coefficient (Wildman–Crippen LogP) is 5.29. The number of benzene rings is 1. The van der Waals surface area contributed by atoms with Crippen LogP contribution in [0.25, 0.3) is 11.0 Å². The van der Waals surface area contributed by atoms with Crippen molar-refractivity contribution < 1.29 is 0 Å². The molecule has 0 N–H and O–H groups in total. The Morgan fingerprint density at radius 1 is 0.864 bits per heavy atom. The number of unbranched alkanes of at least 4 members (excludes halogenated alkanes) is 5. The van der Waals surface area contributed by atoms with Gasteiger partial charge in [0.15, 0.2) is 0 Å². The number of hydrogen-bond acceptors (Lipinski definition) is 2. The highest BCUT2D eigenvalue weighted by Gasteiger charge is 2.06. The predicted molar refractivity (Wildman–Crippen MR) is 93.8 cm³/mol. The van der Waals surface area contributed by atoms with Gasteiger partial charge >= 0.3 is 0 Å². The molecule has 2 rings (SSSR count). The van der Waals surface area contributed by atoms with E-state index < -0.39 is 0 Å². The van der Waals surface area contributed by atoms with Crippen molar-refractivity contribution in [2.75, 3.05) is 0 Å². The molecule has 0 saturated heterocycles. The van der Waals surface area contributed by atoms with Crippen LogP contribution in [0.4, 0.5) is 0 Å². The number of rotatable bonds is 7. The molecule has 0 saturated carbocycles. The average Bonchev–Trinajstić information content (AvgIpc) is 2.55. The highest BCUT2D eigenvalue weighted by atomic mass is 14.8. The summed E-state index contributed by atoms with van der Waals surface area (Å²) in [6, 6.07) is 8.07. The molecule has 2 heteroatoms. The van der Waals surface area contributed by atoms with E-state index in [2.05, 4.69) is 25.7 Å². The zero-order chi connectivity index (χ0) is 15.6. The van der Waals surface area contributed by atoms with Gasteiger partial charge in [0.25, 0.3) is 0 Å². The van der Waals surface area contributed by atoms with Crippen molar-refractivity contribution in [3.8, 4) is 11.8 Å². The smallest absolute Gasteiger partial charge is 0.135 e.